The fourth-order valence-electron chi connectivity index (χ4n) is 7.51. The van der Waals surface area contributed by atoms with Crippen LogP contribution in [0.2, 0.25) is 0 Å². The first-order valence-corrected chi connectivity index (χ1v) is 16.0. The Labute approximate surface area is 279 Å². The summed E-state index contributed by atoms with van der Waals surface area (Å²) in [5.74, 6) is 0. The number of hydrogen-bond acceptors (Lipinski definition) is 3. The molecule has 10 rings (SSSR count). The molecule has 0 bridgehead atoms. The standard InChI is InChI=1S/C44H23N3O2/c1-46-30-10-6-8-26(22-30)27-16-18-38-34(23-27)42-40(48-38)20-21-41-43(42)35-24-28(17-19-39(35)49-41)31-13-7-9-29(25-45)44(31)47-36-14-4-2-11-32(36)33-12-3-5-15-37(33)47/h2-24H. The maximum Gasteiger partial charge on any atom is 0.187 e. The van der Waals surface area contributed by atoms with Gasteiger partial charge in [-0.05, 0) is 77.4 Å². The van der Waals surface area contributed by atoms with E-state index in [4.69, 9.17) is 15.4 Å². The summed E-state index contributed by atoms with van der Waals surface area (Å²) in [4.78, 5) is 3.62. The fraction of sp³-hybridized carbons (Fsp3) is 0. The Morgan fingerprint density at radius 1 is 0.531 bits per heavy atom. The van der Waals surface area contributed by atoms with Gasteiger partial charge in [-0.25, -0.2) is 4.85 Å². The Bertz CT molecular complexity index is 3030. The van der Waals surface area contributed by atoms with Crippen LogP contribution in [0, 0.1) is 17.9 Å². The van der Waals surface area contributed by atoms with E-state index in [-0.39, 0.29) is 0 Å². The van der Waals surface area contributed by atoms with Crippen molar-refractivity contribution in [2.75, 3.05) is 0 Å². The normalized spacial score (nSPS) is 11.6. The van der Waals surface area contributed by atoms with Gasteiger partial charge in [0.05, 0.1) is 28.9 Å². The van der Waals surface area contributed by atoms with Crippen LogP contribution in [-0.2, 0) is 0 Å². The van der Waals surface area contributed by atoms with Crippen molar-refractivity contribution >= 4 is 71.4 Å². The number of nitrogens with zero attached hydrogens (tertiary/aromatic N) is 3. The molecule has 0 fully saturated rings. The van der Waals surface area contributed by atoms with Gasteiger partial charge in [0.25, 0.3) is 0 Å². The molecule has 0 N–H and O–H groups in total. The van der Waals surface area contributed by atoms with E-state index < -0.39 is 0 Å². The van der Waals surface area contributed by atoms with Crippen LogP contribution in [0.15, 0.2) is 148 Å². The van der Waals surface area contributed by atoms with Crippen LogP contribution < -0.4 is 0 Å². The van der Waals surface area contributed by atoms with E-state index in [0.29, 0.717) is 11.3 Å². The molecule has 0 spiro atoms. The molecule has 3 aromatic heterocycles. The van der Waals surface area contributed by atoms with Gasteiger partial charge in [-0.1, -0.05) is 78.9 Å². The molecule has 0 amide bonds. The van der Waals surface area contributed by atoms with Crippen molar-refractivity contribution in [1.29, 1.82) is 5.26 Å². The molecule has 3 heterocycles. The molecule has 10 aromatic rings. The minimum absolute atomic E-state index is 0.596. The molecule has 0 atom stereocenters. The summed E-state index contributed by atoms with van der Waals surface area (Å²) in [6.45, 7) is 7.48. The lowest BCUT2D eigenvalue weighted by Crippen LogP contribution is -2.00. The van der Waals surface area contributed by atoms with Crippen molar-refractivity contribution in [3.63, 3.8) is 0 Å². The van der Waals surface area contributed by atoms with Gasteiger partial charge < -0.3 is 13.4 Å². The molecule has 0 unspecified atom stereocenters. The van der Waals surface area contributed by atoms with Crippen molar-refractivity contribution in [3.05, 3.63) is 157 Å². The molecular weight excluding hydrogens is 603 g/mol. The maximum absolute atomic E-state index is 10.4. The van der Waals surface area contributed by atoms with E-state index in [1.54, 1.807) is 0 Å². The first-order chi connectivity index (χ1) is 24.2. The highest BCUT2D eigenvalue weighted by Gasteiger charge is 2.21. The summed E-state index contributed by atoms with van der Waals surface area (Å²) in [5.41, 5.74) is 11.2. The zero-order valence-corrected chi connectivity index (χ0v) is 25.9. The molecule has 0 aliphatic carbocycles. The van der Waals surface area contributed by atoms with Crippen molar-refractivity contribution < 1.29 is 8.83 Å². The van der Waals surface area contributed by atoms with E-state index in [1.807, 2.05) is 78.9 Å². The third-order valence-corrected chi connectivity index (χ3v) is 9.65. The number of furan rings is 2. The number of rotatable bonds is 3. The second-order valence-electron chi connectivity index (χ2n) is 12.3. The molecule has 0 aliphatic rings. The predicted molar refractivity (Wildman–Crippen MR) is 197 cm³/mol. The molecular formula is C44H23N3O2. The quantitative estimate of drug-likeness (QED) is 0.184. The Balaban J connectivity index is 1.25. The van der Waals surface area contributed by atoms with Gasteiger partial charge in [-0.2, -0.15) is 5.26 Å². The molecule has 5 nitrogen and oxygen atoms in total. The topological polar surface area (TPSA) is 59.4 Å². The lowest BCUT2D eigenvalue weighted by atomic mass is 9.97. The third kappa shape index (κ3) is 3.91. The van der Waals surface area contributed by atoms with Gasteiger partial charge in [-0.3, -0.25) is 0 Å². The van der Waals surface area contributed by atoms with Crippen molar-refractivity contribution in [2.24, 2.45) is 0 Å². The van der Waals surface area contributed by atoms with E-state index in [0.717, 1.165) is 93.6 Å². The molecule has 5 heteroatoms. The van der Waals surface area contributed by atoms with Gasteiger partial charge in [-0.15, -0.1) is 0 Å². The number of para-hydroxylation sites is 3. The molecule has 49 heavy (non-hydrogen) atoms. The number of benzene rings is 7. The Kier molecular flexibility index (Phi) is 5.64. The van der Waals surface area contributed by atoms with E-state index in [2.05, 4.69) is 76.1 Å². The van der Waals surface area contributed by atoms with E-state index in [9.17, 15) is 5.26 Å². The van der Waals surface area contributed by atoms with Crippen LogP contribution in [0.1, 0.15) is 5.56 Å². The Morgan fingerprint density at radius 3 is 1.76 bits per heavy atom. The Hall–Kier alpha value is -7.08. The van der Waals surface area contributed by atoms with Gasteiger partial charge in [0.1, 0.15) is 28.4 Å². The highest BCUT2D eigenvalue weighted by Crippen LogP contribution is 2.44. The summed E-state index contributed by atoms with van der Waals surface area (Å²) < 4.78 is 15.0. The van der Waals surface area contributed by atoms with Crippen LogP contribution in [-0.4, -0.2) is 4.57 Å². The largest absolute Gasteiger partial charge is 0.456 e. The molecule has 226 valence electrons. The molecule has 0 saturated carbocycles. The number of aromatic nitrogens is 1. The average molecular weight is 626 g/mol. The van der Waals surface area contributed by atoms with Crippen LogP contribution in [0.4, 0.5) is 5.69 Å². The summed E-state index contributed by atoms with van der Waals surface area (Å²) in [5, 5.41) is 16.6. The summed E-state index contributed by atoms with van der Waals surface area (Å²) >= 11 is 0. The summed E-state index contributed by atoms with van der Waals surface area (Å²) in [6, 6.07) is 49.2. The summed E-state index contributed by atoms with van der Waals surface area (Å²) in [7, 11) is 0. The SMILES string of the molecule is [C-]#[N+]c1cccc(-c2ccc3oc4ccc5oc6ccc(-c7cccc(C#N)c7-n7c8ccccc8c8ccccc87)cc6c5c4c3c2)c1. The average Bonchev–Trinajstić information content (AvgIpc) is 3.83. The molecule has 7 aromatic carbocycles. The second-order valence-corrected chi connectivity index (χ2v) is 12.3. The lowest BCUT2D eigenvalue weighted by Gasteiger charge is -2.16. The van der Waals surface area contributed by atoms with Crippen LogP contribution in [0.3, 0.4) is 0 Å². The molecule has 0 radical (unpaired) electrons. The molecule has 0 saturated heterocycles. The third-order valence-electron chi connectivity index (χ3n) is 9.65. The molecule has 0 aliphatic heterocycles. The predicted octanol–water partition coefficient (Wildman–Crippen LogP) is 12.3. The minimum Gasteiger partial charge on any atom is -0.456 e. The van der Waals surface area contributed by atoms with Crippen LogP contribution in [0.5, 0.6) is 0 Å². The number of fused-ring (bicyclic) bond motifs is 10. The smallest absolute Gasteiger partial charge is 0.187 e. The number of hydrogen-bond donors (Lipinski definition) is 0. The lowest BCUT2D eigenvalue weighted by molar-refractivity contribution is 0.663. The van der Waals surface area contributed by atoms with Gasteiger partial charge in [0.15, 0.2) is 5.69 Å². The first kappa shape index (κ1) is 27.1. The van der Waals surface area contributed by atoms with E-state index in [1.165, 1.54) is 0 Å². The number of nitriles is 1. The second kappa shape index (κ2) is 10.2. The van der Waals surface area contributed by atoms with Gasteiger partial charge in [0.2, 0.25) is 0 Å². The minimum atomic E-state index is 0.596. The monoisotopic (exact) mass is 625 g/mol. The van der Waals surface area contributed by atoms with Gasteiger partial charge in [0, 0.05) is 37.9 Å². The fourth-order valence-corrected chi connectivity index (χ4v) is 7.51. The zero-order chi connectivity index (χ0) is 32.6. The zero-order valence-electron chi connectivity index (χ0n) is 25.9. The Morgan fingerprint density at radius 2 is 1.10 bits per heavy atom. The van der Waals surface area contributed by atoms with Crippen LogP contribution >= 0.6 is 0 Å². The van der Waals surface area contributed by atoms with Crippen LogP contribution in [0.25, 0.3) is 98.5 Å². The van der Waals surface area contributed by atoms with Crippen molar-refractivity contribution in [3.8, 4) is 34.0 Å². The highest BCUT2D eigenvalue weighted by molar-refractivity contribution is 6.26. The van der Waals surface area contributed by atoms with Crippen molar-refractivity contribution in [2.45, 2.75) is 0 Å². The summed E-state index contributed by atoms with van der Waals surface area (Å²) in [6.07, 6.45) is 0. The van der Waals surface area contributed by atoms with Crippen molar-refractivity contribution in [1.82, 2.24) is 4.57 Å². The maximum atomic E-state index is 10.4. The van der Waals surface area contributed by atoms with Gasteiger partial charge >= 0.3 is 0 Å². The van der Waals surface area contributed by atoms with E-state index >= 15 is 0 Å². The highest BCUT2D eigenvalue weighted by atomic mass is 16.3. The first-order valence-electron chi connectivity index (χ1n) is 16.0.